The summed E-state index contributed by atoms with van der Waals surface area (Å²) in [6, 6.07) is 3.23. The molecule has 4 nitrogen and oxygen atoms in total. The quantitative estimate of drug-likeness (QED) is 0.883. The monoisotopic (exact) mass is 269 g/mol. The second kappa shape index (κ2) is 6.16. The minimum absolute atomic E-state index is 0.113. The molecule has 0 spiro atoms. The number of hydrogen-bond donors (Lipinski definition) is 2. The van der Waals surface area contributed by atoms with E-state index in [4.69, 9.17) is 17.3 Å². The zero-order valence-electron chi connectivity index (χ0n) is 11.0. The van der Waals surface area contributed by atoms with Gasteiger partial charge in [-0.1, -0.05) is 32.4 Å². The number of anilines is 1. The van der Waals surface area contributed by atoms with Crippen molar-refractivity contribution in [1.29, 1.82) is 0 Å². The number of carbonyl (C=O) groups is 1. The Morgan fingerprint density at radius 3 is 2.78 bits per heavy atom. The molecule has 0 aliphatic heterocycles. The highest BCUT2D eigenvalue weighted by Gasteiger charge is 2.18. The van der Waals surface area contributed by atoms with E-state index in [0.29, 0.717) is 10.8 Å². The van der Waals surface area contributed by atoms with E-state index < -0.39 is 0 Å². The normalized spacial score (nSPS) is 13.2. The van der Waals surface area contributed by atoms with Gasteiger partial charge in [0.05, 0.1) is 5.02 Å². The molecule has 1 aromatic rings. The number of amides is 1. The number of nitrogens with two attached hydrogens (primary N) is 1. The fraction of sp³-hybridized carbons (Fsp3) is 0.538. The summed E-state index contributed by atoms with van der Waals surface area (Å²) in [5.41, 5.74) is 6.05. The third-order valence-corrected chi connectivity index (χ3v) is 2.64. The van der Waals surface area contributed by atoms with Crippen molar-refractivity contribution in [3.8, 4) is 0 Å². The van der Waals surface area contributed by atoms with Gasteiger partial charge in [0, 0.05) is 18.7 Å². The molecule has 0 aromatic carbocycles. The van der Waals surface area contributed by atoms with Gasteiger partial charge < -0.3 is 11.1 Å². The van der Waals surface area contributed by atoms with Crippen molar-refractivity contribution in [3.63, 3.8) is 0 Å². The first kappa shape index (κ1) is 14.9. The summed E-state index contributed by atoms with van der Waals surface area (Å²) in [5.74, 6) is 0.222. The van der Waals surface area contributed by atoms with Crippen LogP contribution in [0.2, 0.25) is 5.02 Å². The standard InChI is InChI=1S/C13H20ClN3O/c1-13(2,3)8-9(15)7-11(18)17-12-10(14)5-4-6-16-12/h4-6,9H,7-8,15H2,1-3H3,(H,16,17,18). The third kappa shape index (κ3) is 5.47. The maximum atomic E-state index is 11.8. The maximum Gasteiger partial charge on any atom is 0.227 e. The second-order valence-corrected chi connectivity index (χ2v) is 6.02. The Morgan fingerprint density at radius 2 is 2.22 bits per heavy atom. The van der Waals surface area contributed by atoms with Gasteiger partial charge in [-0.15, -0.1) is 0 Å². The van der Waals surface area contributed by atoms with Crippen LogP contribution in [-0.2, 0) is 4.79 Å². The average Bonchev–Trinajstić information content (AvgIpc) is 2.18. The van der Waals surface area contributed by atoms with Crippen LogP contribution in [-0.4, -0.2) is 16.9 Å². The Morgan fingerprint density at radius 1 is 1.56 bits per heavy atom. The van der Waals surface area contributed by atoms with Crippen molar-refractivity contribution >= 4 is 23.3 Å². The van der Waals surface area contributed by atoms with Crippen molar-refractivity contribution in [1.82, 2.24) is 4.98 Å². The molecule has 1 atom stereocenters. The zero-order valence-corrected chi connectivity index (χ0v) is 11.8. The number of hydrogen-bond acceptors (Lipinski definition) is 3. The summed E-state index contributed by atoms with van der Waals surface area (Å²) in [6.07, 6.45) is 2.64. The van der Waals surface area contributed by atoms with Gasteiger partial charge in [0.25, 0.3) is 0 Å². The minimum atomic E-state index is -0.160. The van der Waals surface area contributed by atoms with Crippen LogP contribution in [0.15, 0.2) is 18.3 Å². The van der Waals surface area contributed by atoms with Gasteiger partial charge in [0.2, 0.25) is 5.91 Å². The molecule has 0 saturated heterocycles. The number of nitrogens with zero attached hydrogens (tertiary/aromatic N) is 1. The van der Waals surface area contributed by atoms with Gasteiger partial charge in [-0.3, -0.25) is 4.79 Å². The number of pyridine rings is 1. The van der Waals surface area contributed by atoms with Crippen LogP contribution in [0.5, 0.6) is 0 Å². The Hall–Kier alpha value is -1.13. The second-order valence-electron chi connectivity index (χ2n) is 5.61. The summed E-state index contributed by atoms with van der Waals surface area (Å²) in [7, 11) is 0. The largest absolute Gasteiger partial charge is 0.327 e. The van der Waals surface area contributed by atoms with Gasteiger partial charge in [-0.2, -0.15) is 0 Å². The summed E-state index contributed by atoms with van der Waals surface area (Å²) >= 11 is 5.90. The van der Waals surface area contributed by atoms with E-state index >= 15 is 0 Å². The molecule has 0 aliphatic rings. The molecule has 0 aliphatic carbocycles. The molecular weight excluding hydrogens is 250 g/mol. The Balaban J connectivity index is 2.50. The molecule has 0 radical (unpaired) electrons. The molecule has 5 heteroatoms. The number of rotatable bonds is 4. The van der Waals surface area contributed by atoms with Gasteiger partial charge in [0.1, 0.15) is 0 Å². The predicted octanol–water partition coefficient (Wildman–Crippen LogP) is 2.83. The molecule has 1 aromatic heterocycles. The SMILES string of the molecule is CC(C)(C)CC(N)CC(=O)Nc1ncccc1Cl. The van der Waals surface area contributed by atoms with Gasteiger partial charge >= 0.3 is 0 Å². The Kier molecular flexibility index (Phi) is 5.11. The first-order chi connectivity index (χ1) is 8.28. The van der Waals surface area contributed by atoms with Crippen LogP contribution >= 0.6 is 11.6 Å². The van der Waals surface area contributed by atoms with Crippen molar-refractivity contribution < 1.29 is 4.79 Å². The number of aromatic nitrogens is 1. The van der Waals surface area contributed by atoms with E-state index in [0.717, 1.165) is 6.42 Å². The predicted molar refractivity (Wildman–Crippen MR) is 74.5 cm³/mol. The summed E-state index contributed by atoms with van der Waals surface area (Å²) in [4.78, 5) is 15.8. The minimum Gasteiger partial charge on any atom is -0.327 e. The van der Waals surface area contributed by atoms with Crippen molar-refractivity contribution in [3.05, 3.63) is 23.4 Å². The summed E-state index contributed by atoms with van der Waals surface area (Å²) in [5, 5.41) is 3.09. The fourth-order valence-electron chi connectivity index (χ4n) is 1.76. The lowest BCUT2D eigenvalue weighted by Crippen LogP contribution is -2.31. The van der Waals surface area contributed by atoms with Crippen molar-refractivity contribution in [2.45, 2.75) is 39.7 Å². The first-order valence-electron chi connectivity index (χ1n) is 5.94. The van der Waals surface area contributed by atoms with Crippen LogP contribution in [0.1, 0.15) is 33.6 Å². The zero-order chi connectivity index (χ0) is 13.8. The molecule has 1 unspecified atom stereocenters. The Labute approximate surface area is 113 Å². The molecule has 100 valence electrons. The highest BCUT2D eigenvalue weighted by molar-refractivity contribution is 6.33. The van der Waals surface area contributed by atoms with Gasteiger partial charge in [-0.05, 0) is 24.0 Å². The smallest absolute Gasteiger partial charge is 0.227 e. The van der Waals surface area contributed by atoms with Crippen LogP contribution in [0, 0.1) is 5.41 Å². The van der Waals surface area contributed by atoms with Crippen molar-refractivity contribution in [2.24, 2.45) is 11.1 Å². The lowest BCUT2D eigenvalue weighted by molar-refractivity contribution is -0.116. The molecule has 0 fully saturated rings. The molecule has 0 saturated carbocycles. The molecule has 0 bridgehead atoms. The molecule has 1 heterocycles. The Bertz CT molecular complexity index is 415. The van der Waals surface area contributed by atoms with Crippen LogP contribution in [0.25, 0.3) is 0 Å². The fourth-order valence-corrected chi connectivity index (χ4v) is 1.93. The van der Waals surface area contributed by atoms with E-state index in [2.05, 4.69) is 31.1 Å². The first-order valence-corrected chi connectivity index (χ1v) is 6.32. The van der Waals surface area contributed by atoms with E-state index in [1.165, 1.54) is 0 Å². The van der Waals surface area contributed by atoms with Crippen LogP contribution in [0.4, 0.5) is 5.82 Å². The highest BCUT2D eigenvalue weighted by Crippen LogP contribution is 2.22. The lowest BCUT2D eigenvalue weighted by atomic mass is 9.87. The van der Waals surface area contributed by atoms with Crippen LogP contribution < -0.4 is 11.1 Å². The average molecular weight is 270 g/mol. The van der Waals surface area contributed by atoms with E-state index in [1.54, 1.807) is 18.3 Å². The van der Waals surface area contributed by atoms with Crippen LogP contribution in [0.3, 0.4) is 0 Å². The van der Waals surface area contributed by atoms with Crippen molar-refractivity contribution in [2.75, 3.05) is 5.32 Å². The number of halogens is 1. The van der Waals surface area contributed by atoms with E-state index in [9.17, 15) is 4.79 Å². The summed E-state index contributed by atoms with van der Waals surface area (Å²) < 4.78 is 0. The van der Waals surface area contributed by atoms with Gasteiger partial charge in [-0.25, -0.2) is 4.98 Å². The van der Waals surface area contributed by atoms with Gasteiger partial charge in [0.15, 0.2) is 5.82 Å². The summed E-state index contributed by atoms with van der Waals surface area (Å²) in [6.45, 7) is 6.29. The highest BCUT2D eigenvalue weighted by atomic mass is 35.5. The molecule has 18 heavy (non-hydrogen) atoms. The number of carbonyl (C=O) groups excluding carboxylic acids is 1. The molecular formula is C13H20ClN3O. The van der Waals surface area contributed by atoms with E-state index in [-0.39, 0.29) is 23.8 Å². The third-order valence-electron chi connectivity index (χ3n) is 2.34. The molecule has 1 rings (SSSR count). The maximum absolute atomic E-state index is 11.8. The molecule has 3 N–H and O–H groups in total. The number of nitrogens with one attached hydrogen (secondary N) is 1. The van der Waals surface area contributed by atoms with E-state index in [1.807, 2.05) is 0 Å². The topological polar surface area (TPSA) is 68.0 Å². The molecule has 1 amide bonds. The lowest BCUT2D eigenvalue weighted by Gasteiger charge is -2.22.